The monoisotopic (exact) mass is 271 g/mol. The minimum Gasteiger partial charge on any atom is -0.548 e. The van der Waals surface area contributed by atoms with Gasteiger partial charge in [-0.1, -0.05) is 18.2 Å². The third kappa shape index (κ3) is 2.15. The predicted molar refractivity (Wildman–Crippen MR) is 71.7 cm³/mol. The molecule has 1 aliphatic rings. The minimum atomic E-state index is -1.16. The molecule has 1 atom stereocenters. The highest BCUT2D eigenvalue weighted by atomic mass is 16.4. The Bertz CT molecular complexity index is 662. The Balaban J connectivity index is 1.80. The first-order valence-corrected chi connectivity index (χ1v) is 6.72. The first kappa shape index (κ1) is 12.7. The lowest BCUT2D eigenvalue weighted by Gasteiger charge is -2.25. The van der Waals surface area contributed by atoms with Gasteiger partial charge in [-0.2, -0.15) is 0 Å². The Morgan fingerprint density at radius 1 is 1.35 bits per heavy atom. The number of rotatable bonds is 3. The smallest absolute Gasteiger partial charge is 0.227 e. The van der Waals surface area contributed by atoms with Gasteiger partial charge in [0.1, 0.15) is 0 Å². The number of carbonyl (C=O) groups excluding carboxylic acids is 2. The van der Waals surface area contributed by atoms with Crippen LogP contribution in [0.25, 0.3) is 10.9 Å². The largest absolute Gasteiger partial charge is 0.548 e. The molecule has 0 bridgehead atoms. The number of carbonyl (C=O) groups is 2. The predicted octanol–water partition coefficient (Wildman–Crippen LogP) is 0.451. The SMILES string of the molecule is O=C([O-])C1CCCN1C(=O)Cc1c[nH]c2ccccc12. The molecular formula is C15H15N2O3-. The van der Waals surface area contributed by atoms with Crippen molar-refractivity contribution in [3.05, 3.63) is 36.0 Å². The number of H-pyrrole nitrogens is 1. The topological polar surface area (TPSA) is 76.2 Å². The summed E-state index contributed by atoms with van der Waals surface area (Å²) >= 11 is 0. The lowest BCUT2D eigenvalue weighted by molar-refractivity contribution is -0.310. The molecule has 1 amide bonds. The van der Waals surface area contributed by atoms with Crippen molar-refractivity contribution in [2.24, 2.45) is 0 Å². The van der Waals surface area contributed by atoms with E-state index in [4.69, 9.17) is 0 Å². The van der Waals surface area contributed by atoms with Crippen molar-refractivity contribution in [3.63, 3.8) is 0 Å². The maximum absolute atomic E-state index is 12.3. The quantitative estimate of drug-likeness (QED) is 0.880. The van der Waals surface area contributed by atoms with Crippen LogP contribution >= 0.6 is 0 Å². The lowest BCUT2D eigenvalue weighted by atomic mass is 10.1. The molecule has 5 nitrogen and oxygen atoms in total. The Morgan fingerprint density at radius 2 is 2.15 bits per heavy atom. The number of hydrogen-bond acceptors (Lipinski definition) is 3. The van der Waals surface area contributed by atoms with Crippen molar-refractivity contribution in [2.75, 3.05) is 6.54 Å². The van der Waals surface area contributed by atoms with Gasteiger partial charge >= 0.3 is 0 Å². The Morgan fingerprint density at radius 3 is 2.95 bits per heavy atom. The van der Waals surface area contributed by atoms with Gasteiger partial charge in [-0.25, -0.2) is 0 Å². The number of nitrogens with one attached hydrogen (secondary N) is 1. The zero-order valence-corrected chi connectivity index (χ0v) is 11.0. The highest BCUT2D eigenvalue weighted by Gasteiger charge is 2.29. The summed E-state index contributed by atoms with van der Waals surface area (Å²) in [6.45, 7) is 0.500. The lowest BCUT2D eigenvalue weighted by Crippen LogP contribution is -2.47. The van der Waals surface area contributed by atoms with Gasteiger partial charge in [-0.15, -0.1) is 0 Å². The van der Waals surface area contributed by atoms with Crippen LogP contribution in [0.2, 0.25) is 0 Å². The van der Waals surface area contributed by atoms with Crippen LogP contribution in [0, 0.1) is 0 Å². The second-order valence-electron chi connectivity index (χ2n) is 5.10. The molecule has 2 aromatic rings. The van der Waals surface area contributed by atoms with Crippen molar-refractivity contribution in [3.8, 4) is 0 Å². The summed E-state index contributed by atoms with van der Waals surface area (Å²) in [6.07, 6.45) is 3.24. The molecule has 1 aromatic carbocycles. The van der Waals surface area contributed by atoms with E-state index in [1.165, 1.54) is 4.90 Å². The van der Waals surface area contributed by atoms with E-state index in [9.17, 15) is 14.7 Å². The average molecular weight is 271 g/mol. The van der Waals surface area contributed by atoms with E-state index in [1.807, 2.05) is 30.5 Å². The van der Waals surface area contributed by atoms with E-state index in [0.717, 1.165) is 22.9 Å². The van der Waals surface area contributed by atoms with Gasteiger partial charge in [0.2, 0.25) is 5.91 Å². The van der Waals surface area contributed by atoms with E-state index < -0.39 is 12.0 Å². The number of aromatic nitrogens is 1. The van der Waals surface area contributed by atoms with Crippen LogP contribution in [0.5, 0.6) is 0 Å². The number of hydrogen-bond donors (Lipinski definition) is 1. The zero-order valence-electron chi connectivity index (χ0n) is 11.0. The summed E-state index contributed by atoms with van der Waals surface area (Å²) in [7, 11) is 0. The van der Waals surface area contributed by atoms with E-state index >= 15 is 0 Å². The van der Waals surface area contributed by atoms with Crippen LogP contribution in [-0.2, 0) is 16.0 Å². The molecule has 20 heavy (non-hydrogen) atoms. The highest BCUT2D eigenvalue weighted by Crippen LogP contribution is 2.22. The summed E-state index contributed by atoms with van der Waals surface area (Å²) in [5.74, 6) is -1.31. The third-order valence-electron chi connectivity index (χ3n) is 3.86. The van der Waals surface area contributed by atoms with E-state index in [-0.39, 0.29) is 12.3 Å². The zero-order chi connectivity index (χ0) is 14.1. The van der Waals surface area contributed by atoms with Gasteiger partial charge in [-0.05, 0) is 24.5 Å². The molecule has 1 aromatic heterocycles. The van der Waals surface area contributed by atoms with Gasteiger partial charge in [0, 0.05) is 23.6 Å². The van der Waals surface area contributed by atoms with Crippen LogP contribution in [0.15, 0.2) is 30.5 Å². The highest BCUT2D eigenvalue weighted by molar-refractivity contribution is 5.90. The maximum Gasteiger partial charge on any atom is 0.227 e. The van der Waals surface area contributed by atoms with Crippen molar-refractivity contribution >= 4 is 22.8 Å². The van der Waals surface area contributed by atoms with E-state index in [1.54, 1.807) is 0 Å². The van der Waals surface area contributed by atoms with Gasteiger partial charge in [0.15, 0.2) is 0 Å². The Labute approximate surface area is 116 Å². The molecule has 3 rings (SSSR count). The maximum atomic E-state index is 12.3. The van der Waals surface area contributed by atoms with E-state index in [2.05, 4.69) is 4.98 Å². The summed E-state index contributed by atoms with van der Waals surface area (Å²) in [5, 5.41) is 12.0. The first-order chi connectivity index (χ1) is 9.66. The standard InChI is InChI=1S/C15H16N2O3/c18-14(17-7-3-6-13(17)15(19)20)8-10-9-16-12-5-2-1-4-11(10)12/h1-2,4-5,9,13,16H,3,6-8H2,(H,19,20)/p-1. The summed E-state index contributed by atoms with van der Waals surface area (Å²) < 4.78 is 0. The molecule has 0 saturated carbocycles. The molecule has 1 unspecified atom stereocenters. The Kier molecular flexibility index (Phi) is 3.18. The van der Waals surface area contributed by atoms with Crippen LogP contribution in [0.3, 0.4) is 0 Å². The number of aliphatic carboxylic acids is 1. The number of para-hydroxylation sites is 1. The fourth-order valence-corrected chi connectivity index (χ4v) is 2.85. The van der Waals surface area contributed by atoms with Crippen LogP contribution < -0.4 is 5.11 Å². The van der Waals surface area contributed by atoms with Crippen molar-refractivity contribution in [1.82, 2.24) is 9.88 Å². The van der Waals surface area contributed by atoms with Gasteiger partial charge in [0.05, 0.1) is 18.4 Å². The van der Waals surface area contributed by atoms with Crippen molar-refractivity contribution < 1.29 is 14.7 Å². The molecule has 0 aliphatic carbocycles. The Hall–Kier alpha value is -2.30. The minimum absolute atomic E-state index is 0.151. The molecule has 1 aliphatic heterocycles. The van der Waals surface area contributed by atoms with E-state index in [0.29, 0.717) is 13.0 Å². The number of aromatic amines is 1. The third-order valence-corrected chi connectivity index (χ3v) is 3.86. The molecule has 104 valence electrons. The number of fused-ring (bicyclic) bond motifs is 1. The van der Waals surface area contributed by atoms with Gasteiger partial charge < -0.3 is 19.8 Å². The number of benzene rings is 1. The fourth-order valence-electron chi connectivity index (χ4n) is 2.85. The normalized spacial score (nSPS) is 18.6. The molecule has 2 heterocycles. The van der Waals surface area contributed by atoms with Crippen LogP contribution in [0.4, 0.5) is 0 Å². The van der Waals surface area contributed by atoms with Gasteiger partial charge in [-0.3, -0.25) is 4.79 Å². The summed E-state index contributed by atoms with van der Waals surface area (Å²) in [5.41, 5.74) is 1.88. The number of carboxylic acids is 1. The summed E-state index contributed by atoms with van der Waals surface area (Å²) in [4.78, 5) is 27.9. The molecule has 0 radical (unpaired) electrons. The van der Waals surface area contributed by atoms with Crippen LogP contribution in [0.1, 0.15) is 18.4 Å². The summed E-state index contributed by atoms with van der Waals surface area (Å²) in [6, 6.07) is 6.98. The van der Waals surface area contributed by atoms with Crippen molar-refractivity contribution in [1.29, 1.82) is 0 Å². The van der Waals surface area contributed by atoms with Gasteiger partial charge in [0.25, 0.3) is 0 Å². The first-order valence-electron chi connectivity index (χ1n) is 6.72. The molecule has 0 spiro atoms. The number of nitrogens with zero attached hydrogens (tertiary/aromatic N) is 1. The molecule has 1 saturated heterocycles. The molecule has 1 fully saturated rings. The van der Waals surface area contributed by atoms with Crippen LogP contribution in [-0.4, -0.2) is 34.3 Å². The number of amides is 1. The average Bonchev–Trinajstić information content (AvgIpc) is 3.06. The van der Waals surface area contributed by atoms with Crippen molar-refractivity contribution in [2.45, 2.75) is 25.3 Å². The second kappa shape index (κ2) is 5.00. The molecular weight excluding hydrogens is 256 g/mol. The second-order valence-corrected chi connectivity index (χ2v) is 5.10. The number of carboxylic acid groups (broad SMARTS) is 1. The number of likely N-dealkylation sites (tertiary alicyclic amines) is 1. The molecule has 5 heteroatoms. The molecule has 1 N–H and O–H groups in total. The fraction of sp³-hybridized carbons (Fsp3) is 0.333.